The molecular formula is C14H13BrO2. The molecule has 3 heteroatoms. The minimum atomic E-state index is 0.725. The second-order valence-electron chi connectivity index (χ2n) is 3.49. The highest BCUT2D eigenvalue weighted by atomic mass is 79.9. The highest BCUT2D eigenvalue weighted by Gasteiger charge is 2.06. The van der Waals surface area contributed by atoms with Crippen molar-refractivity contribution in [3.63, 3.8) is 0 Å². The van der Waals surface area contributed by atoms with E-state index in [2.05, 4.69) is 15.9 Å². The number of rotatable bonds is 4. The van der Waals surface area contributed by atoms with Gasteiger partial charge in [-0.15, -0.1) is 0 Å². The second-order valence-corrected chi connectivity index (χ2v) is 4.06. The maximum absolute atomic E-state index is 5.87. The van der Waals surface area contributed by atoms with E-state index in [-0.39, 0.29) is 0 Å². The molecule has 17 heavy (non-hydrogen) atoms. The molecule has 0 saturated heterocycles. The summed E-state index contributed by atoms with van der Waals surface area (Å²) in [5, 5.41) is 0.762. The van der Waals surface area contributed by atoms with E-state index < -0.39 is 0 Å². The number of alkyl halides is 1. The van der Waals surface area contributed by atoms with Crippen LogP contribution >= 0.6 is 15.9 Å². The van der Waals surface area contributed by atoms with Crippen LogP contribution in [0.25, 0.3) is 0 Å². The smallest absolute Gasteiger partial charge is 0.169 e. The molecule has 2 rings (SSSR count). The van der Waals surface area contributed by atoms with Crippen molar-refractivity contribution in [1.82, 2.24) is 0 Å². The maximum atomic E-state index is 5.87. The van der Waals surface area contributed by atoms with Gasteiger partial charge >= 0.3 is 0 Å². The van der Waals surface area contributed by atoms with Crippen LogP contribution in [0, 0.1) is 0 Å². The van der Waals surface area contributed by atoms with Gasteiger partial charge in [-0.05, 0) is 18.2 Å². The van der Waals surface area contributed by atoms with Crippen molar-refractivity contribution < 1.29 is 9.47 Å². The molecule has 0 aliphatic rings. The maximum Gasteiger partial charge on any atom is 0.169 e. The van der Waals surface area contributed by atoms with Gasteiger partial charge in [0.15, 0.2) is 11.5 Å². The van der Waals surface area contributed by atoms with Crippen LogP contribution in [0.4, 0.5) is 0 Å². The van der Waals surface area contributed by atoms with E-state index >= 15 is 0 Å². The van der Waals surface area contributed by atoms with Crippen LogP contribution in [0.1, 0.15) is 5.56 Å². The molecule has 2 aromatic carbocycles. The summed E-state index contributed by atoms with van der Waals surface area (Å²) in [5.74, 6) is 2.30. The van der Waals surface area contributed by atoms with Gasteiger partial charge < -0.3 is 9.47 Å². The third-order valence-electron chi connectivity index (χ3n) is 2.41. The average Bonchev–Trinajstić information content (AvgIpc) is 2.40. The van der Waals surface area contributed by atoms with Gasteiger partial charge in [0.2, 0.25) is 0 Å². The molecule has 0 unspecified atom stereocenters. The number of hydrogen-bond acceptors (Lipinski definition) is 2. The van der Waals surface area contributed by atoms with Crippen molar-refractivity contribution in [2.24, 2.45) is 0 Å². The van der Waals surface area contributed by atoms with Gasteiger partial charge in [0.25, 0.3) is 0 Å². The summed E-state index contributed by atoms with van der Waals surface area (Å²) in [6, 6.07) is 15.5. The highest BCUT2D eigenvalue weighted by molar-refractivity contribution is 9.08. The Morgan fingerprint density at radius 2 is 1.47 bits per heavy atom. The van der Waals surface area contributed by atoms with E-state index in [1.165, 1.54) is 0 Å². The van der Waals surface area contributed by atoms with E-state index in [1.54, 1.807) is 7.11 Å². The predicted molar refractivity (Wildman–Crippen MR) is 72.1 cm³/mol. The molecular weight excluding hydrogens is 280 g/mol. The van der Waals surface area contributed by atoms with Crippen molar-refractivity contribution in [1.29, 1.82) is 0 Å². The normalized spacial score (nSPS) is 10.0. The predicted octanol–water partition coefficient (Wildman–Crippen LogP) is 4.38. The van der Waals surface area contributed by atoms with Gasteiger partial charge in [-0.3, -0.25) is 0 Å². The first-order valence-electron chi connectivity index (χ1n) is 5.30. The molecule has 0 amide bonds. The van der Waals surface area contributed by atoms with E-state index in [0.717, 1.165) is 28.1 Å². The molecule has 0 bridgehead atoms. The Morgan fingerprint density at radius 3 is 2.12 bits per heavy atom. The van der Waals surface area contributed by atoms with Crippen molar-refractivity contribution >= 4 is 15.9 Å². The first kappa shape index (κ1) is 12.0. The van der Waals surface area contributed by atoms with Crippen molar-refractivity contribution in [3.8, 4) is 17.2 Å². The van der Waals surface area contributed by atoms with E-state index in [0.29, 0.717) is 0 Å². The van der Waals surface area contributed by atoms with Gasteiger partial charge in [-0.25, -0.2) is 0 Å². The minimum Gasteiger partial charge on any atom is -0.493 e. The summed E-state index contributed by atoms with van der Waals surface area (Å²) in [4.78, 5) is 0. The van der Waals surface area contributed by atoms with Gasteiger partial charge in [0, 0.05) is 10.9 Å². The molecule has 0 aliphatic heterocycles. The summed E-state index contributed by atoms with van der Waals surface area (Å²) in [5.41, 5.74) is 1.11. The molecule has 0 spiro atoms. The number of hydrogen-bond donors (Lipinski definition) is 0. The van der Waals surface area contributed by atoms with E-state index in [1.807, 2.05) is 48.5 Å². The van der Waals surface area contributed by atoms with Crippen LogP contribution in [0.15, 0.2) is 48.5 Å². The van der Waals surface area contributed by atoms with Gasteiger partial charge in [0.05, 0.1) is 7.11 Å². The first-order chi connectivity index (χ1) is 8.35. The SMILES string of the molecule is COc1ccccc1Oc1ccccc1CBr. The zero-order chi connectivity index (χ0) is 12.1. The third-order valence-corrected chi connectivity index (χ3v) is 3.01. The first-order valence-corrected chi connectivity index (χ1v) is 6.42. The van der Waals surface area contributed by atoms with E-state index in [4.69, 9.17) is 9.47 Å². The number of methoxy groups -OCH3 is 1. The molecule has 88 valence electrons. The summed E-state index contributed by atoms with van der Waals surface area (Å²) in [6.45, 7) is 0. The number of ether oxygens (including phenoxy) is 2. The fourth-order valence-corrected chi connectivity index (χ4v) is 2.00. The summed E-state index contributed by atoms with van der Waals surface area (Å²) in [7, 11) is 1.64. The molecule has 0 radical (unpaired) electrons. The Hall–Kier alpha value is -1.48. The van der Waals surface area contributed by atoms with Crippen LogP contribution in [0.5, 0.6) is 17.2 Å². The lowest BCUT2D eigenvalue weighted by molar-refractivity contribution is 0.378. The molecule has 0 N–H and O–H groups in total. The molecule has 2 aromatic rings. The van der Waals surface area contributed by atoms with Gasteiger partial charge in [-0.2, -0.15) is 0 Å². The lowest BCUT2D eigenvalue weighted by Crippen LogP contribution is -1.92. The van der Waals surface area contributed by atoms with Crippen LogP contribution in [-0.4, -0.2) is 7.11 Å². The monoisotopic (exact) mass is 292 g/mol. The van der Waals surface area contributed by atoms with Gasteiger partial charge in [0.1, 0.15) is 5.75 Å². The van der Waals surface area contributed by atoms with Gasteiger partial charge in [-0.1, -0.05) is 46.3 Å². The Balaban J connectivity index is 2.31. The molecule has 0 heterocycles. The quantitative estimate of drug-likeness (QED) is 0.779. The average molecular weight is 293 g/mol. The summed E-state index contributed by atoms with van der Waals surface area (Å²) >= 11 is 3.45. The molecule has 0 aromatic heterocycles. The topological polar surface area (TPSA) is 18.5 Å². The fourth-order valence-electron chi connectivity index (χ4n) is 1.54. The van der Waals surface area contributed by atoms with Crippen molar-refractivity contribution in [3.05, 3.63) is 54.1 Å². The summed E-state index contributed by atoms with van der Waals surface area (Å²) < 4.78 is 11.1. The fraction of sp³-hybridized carbons (Fsp3) is 0.143. The third kappa shape index (κ3) is 2.80. The minimum absolute atomic E-state index is 0.725. The number of halogens is 1. The molecule has 2 nitrogen and oxygen atoms in total. The molecule has 0 saturated carbocycles. The van der Waals surface area contributed by atoms with Crippen LogP contribution < -0.4 is 9.47 Å². The van der Waals surface area contributed by atoms with Crippen LogP contribution in [0.3, 0.4) is 0 Å². The summed E-state index contributed by atoms with van der Waals surface area (Å²) in [6.07, 6.45) is 0. The lowest BCUT2D eigenvalue weighted by Gasteiger charge is -2.12. The number of para-hydroxylation sites is 3. The van der Waals surface area contributed by atoms with Crippen molar-refractivity contribution in [2.45, 2.75) is 5.33 Å². The van der Waals surface area contributed by atoms with Crippen LogP contribution in [0.2, 0.25) is 0 Å². The van der Waals surface area contributed by atoms with Crippen LogP contribution in [-0.2, 0) is 5.33 Å². The molecule has 0 fully saturated rings. The largest absolute Gasteiger partial charge is 0.493 e. The Kier molecular flexibility index (Phi) is 4.04. The number of benzene rings is 2. The molecule has 0 aliphatic carbocycles. The Labute approximate surface area is 109 Å². The lowest BCUT2D eigenvalue weighted by atomic mass is 10.2. The van der Waals surface area contributed by atoms with E-state index in [9.17, 15) is 0 Å². The second kappa shape index (κ2) is 5.73. The zero-order valence-corrected chi connectivity index (χ0v) is 11.1. The highest BCUT2D eigenvalue weighted by Crippen LogP contribution is 2.33. The van der Waals surface area contributed by atoms with Crippen molar-refractivity contribution in [2.75, 3.05) is 7.11 Å². The standard InChI is InChI=1S/C14H13BrO2/c1-16-13-8-4-5-9-14(13)17-12-7-3-2-6-11(12)10-15/h2-9H,10H2,1H3. The Bertz CT molecular complexity index is 452. The molecule has 0 atom stereocenters. The Morgan fingerprint density at radius 1 is 0.882 bits per heavy atom. The zero-order valence-electron chi connectivity index (χ0n) is 9.52.